The zero-order chi connectivity index (χ0) is 30.1. The summed E-state index contributed by atoms with van der Waals surface area (Å²) in [6, 6.07) is 22.5. The van der Waals surface area contributed by atoms with Crippen LogP contribution in [0.1, 0.15) is 0 Å². The fraction of sp³-hybridized carbons (Fsp3) is 0.0667. The molecule has 0 saturated carbocycles. The van der Waals surface area contributed by atoms with Gasteiger partial charge in [0.05, 0.1) is 0 Å². The van der Waals surface area contributed by atoms with E-state index in [0.29, 0.717) is 38.9 Å². The third-order valence-electron chi connectivity index (χ3n) is 6.14. The zero-order valence-electron chi connectivity index (χ0n) is 21.6. The highest BCUT2D eigenvalue weighted by Crippen LogP contribution is 2.44. The lowest BCUT2D eigenvalue weighted by Crippen LogP contribution is -2.25. The monoisotopic (exact) mass is 611 g/mol. The Morgan fingerprint density at radius 1 is 0.837 bits per heavy atom. The summed E-state index contributed by atoms with van der Waals surface area (Å²) < 4.78 is 72.7. The topological polar surface area (TPSA) is 83.8 Å². The second kappa shape index (κ2) is 11.2. The molecule has 8 nitrogen and oxygen atoms in total. The highest BCUT2D eigenvalue weighted by atomic mass is 35.5. The van der Waals surface area contributed by atoms with Crippen LogP contribution in [-0.4, -0.2) is 28.7 Å². The van der Waals surface area contributed by atoms with E-state index in [2.05, 4.69) is 24.6 Å². The molecule has 43 heavy (non-hydrogen) atoms. The van der Waals surface area contributed by atoms with Gasteiger partial charge in [-0.25, -0.2) is 4.79 Å². The summed E-state index contributed by atoms with van der Waals surface area (Å²) in [5, 5.41) is 7.71. The molecular formula is C30H18ClF4N3O5. The Kier molecular flexibility index (Phi) is 7.28. The first-order chi connectivity index (χ1) is 20.6. The number of benzene rings is 4. The first kappa shape index (κ1) is 27.9. The summed E-state index contributed by atoms with van der Waals surface area (Å²) in [7, 11) is 0. The molecule has 0 unspecified atom stereocenters. The van der Waals surface area contributed by atoms with Gasteiger partial charge in [-0.1, -0.05) is 17.7 Å². The number of nitrogens with one attached hydrogen (secondary N) is 1. The molecule has 0 aliphatic carbocycles. The van der Waals surface area contributed by atoms with Gasteiger partial charge in [-0.15, -0.1) is 8.78 Å². The zero-order valence-corrected chi connectivity index (χ0v) is 22.4. The van der Waals surface area contributed by atoms with Gasteiger partial charge < -0.3 is 24.3 Å². The Bertz CT molecular complexity index is 1780. The molecule has 218 valence electrons. The first-order valence-corrected chi connectivity index (χ1v) is 12.9. The SMILES string of the molecule is O=C(Nc1ccc(Oc2ccc(Cl)cc2)cc1)n1cc(-c2ccc3c(c2)OC(F)(F)O3)c(-c2ccc(OC(F)F)cc2)n1. The molecule has 6 rings (SSSR count). The number of anilines is 1. The van der Waals surface area contributed by atoms with E-state index in [4.69, 9.17) is 16.3 Å². The Morgan fingerprint density at radius 3 is 2.12 bits per heavy atom. The summed E-state index contributed by atoms with van der Waals surface area (Å²) in [5.41, 5.74) is 1.88. The van der Waals surface area contributed by atoms with Crippen molar-refractivity contribution in [2.45, 2.75) is 12.9 Å². The molecular weight excluding hydrogens is 594 g/mol. The number of amides is 1. The predicted octanol–water partition coefficient (Wildman–Crippen LogP) is 8.67. The van der Waals surface area contributed by atoms with E-state index < -0.39 is 18.9 Å². The van der Waals surface area contributed by atoms with Crippen LogP contribution in [0.3, 0.4) is 0 Å². The van der Waals surface area contributed by atoms with Crippen LogP contribution in [0.4, 0.5) is 28.0 Å². The Morgan fingerprint density at radius 2 is 1.44 bits per heavy atom. The van der Waals surface area contributed by atoms with Gasteiger partial charge in [-0.05, 0) is 90.5 Å². The Balaban J connectivity index is 1.27. The van der Waals surface area contributed by atoms with Crippen LogP contribution in [0, 0.1) is 0 Å². The minimum atomic E-state index is -3.82. The van der Waals surface area contributed by atoms with Crippen LogP contribution in [0.5, 0.6) is 28.7 Å². The van der Waals surface area contributed by atoms with E-state index >= 15 is 0 Å². The highest BCUT2D eigenvalue weighted by Gasteiger charge is 2.43. The van der Waals surface area contributed by atoms with Gasteiger partial charge in [0.25, 0.3) is 0 Å². The third kappa shape index (κ3) is 6.33. The molecule has 5 aromatic rings. The standard InChI is InChI=1S/C30H18ClF4N3O5/c31-19-4-10-21(11-5-19)40-22-12-6-20(7-13-22)36-29(39)38-16-24(18-3-14-25-26(15-18)43-30(34,35)42-25)27(37-38)17-1-8-23(9-2-17)41-28(32)33/h1-16,28H,(H,36,39). The molecule has 1 amide bonds. The molecule has 1 aliphatic heterocycles. The average Bonchev–Trinajstić information content (AvgIpc) is 3.55. The van der Waals surface area contributed by atoms with Gasteiger partial charge in [-0.3, -0.25) is 0 Å². The maximum Gasteiger partial charge on any atom is 0.586 e. The number of aromatic nitrogens is 2. The van der Waals surface area contributed by atoms with E-state index in [1.54, 1.807) is 48.5 Å². The summed E-state index contributed by atoms with van der Waals surface area (Å²) in [6.07, 6.45) is -2.41. The molecule has 13 heteroatoms. The Labute approximate surface area is 245 Å². The number of nitrogens with zero attached hydrogens (tertiary/aromatic N) is 2. The molecule has 1 aliphatic rings. The van der Waals surface area contributed by atoms with Crippen molar-refractivity contribution in [2.24, 2.45) is 0 Å². The van der Waals surface area contributed by atoms with Crippen molar-refractivity contribution >= 4 is 23.3 Å². The normalized spacial score (nSPS) is 13.2. The lowest BCUT2D eigenvalue weighted by atomic mass is 10.0. The van der Waals surface area contributed by atoms with Gasteiger partial charge >= 0.3 is 18.9 Å². The Hall–Kier alpha value is -5.23. The minimum absolute atomic E-state index is 0.0775. The van der Waals surface area contributed by atoms with Crippen molar-refractivity contribution in [3.05, 3.63) is 102 Å². The number of hydrogen-bond acceptors (Lipinski definition) is 6. The lowest BCUT2D eigenvalue weighted by molar-refractivity contribution is -0.286. The van der Waals surface area contributed by atoms with E-state index in [-0.39, 0.29) is 22.9 Å². The van der Waals surface area contributed by atoms with Crippen molar-refractivity contribution in [2.75, 3.05) is 5.32 Å². The number of fused-ring (bicyclic) bond motifs is 1. The lowest BCUT2D eigenvalue weighted by Gasteiger charge is -2.08. The van der Waals surface area contributed by atoms with Crippen LogP contribution in [0.25, 0.3) is 22.4 Å². The van der Waals surface area contributed by atoms with Gasteiger partial charge in [0, 0.05) is 28.0 Å². The number of carbonyl (C=O) groups is 1. The van der Waals surface area contributed by atoms with Crippen molar-refractivity contribution in [3.63, 3.8) is 0 Å². The van der Waals surface area contributed by atoms with Crippen molar-refractivity contribution in [1.29, 1.82) is 0 Å². The van der Waals surface area contributed by atoms with Crippen LogP contribution in [0.15, 0.2) is 97.2 Å². The molecule has 0 fully saturated rings. The molecule has 4 aromatic carbocycles. The van der Waals surface area contributed by atoms with Crippen LogP contribution < -0.4 is 24.3 Å². The van der Waals surface area contributed by atoms with E-state index in [0.717, 1.165) is 4.68 Å². The number of rotatable bonds is 7. The molecule has 0 radical (unpaired) electrons. The van der Waals surface area contributed by atoms with Crippen LogP contribution in [-0.2, 0) is 0 Å². The maximum absolute atomic E-state index is 13.6. The van der Waals surface area contributed by atoms with Gasteiger partial charge in [0.1, 0.15) is 22.9 Å². The smallest absolute Gasteiger partial charge is 0.457 e. The number of ether oxygens (including phenoxy) is 4. The predicted molar refractivity (Wildman–Crippen MR) is 148 cm³/mol. The molecule has 0 bridgehead atoms. The van der Waals surface area contributed by atoms with Crippen LogP contribution in [0.2, 0.25) is 5.02 Å². The highest BCUT2D eigenvalue weighted by molar-refractivity contribution is 6.30. The summed E-state index contributed by atoms with van der Waals surface area (Å²) in [5.74, 6) is 0.673. The van der Waals surface area contributed by atoms with Crippen molar-refractivity contribution < 1.29 is 41.3 Å². The molecule has 0 saturated heterocycles. The summed E-state index contributed by atoms with van der Waals surface area (Å²) >= 11 is 5.90. The van der Waals surface area contributed by atoms with Gasteiger partial charge in [0.2, 0.25) is 0 Å². The fourth-order valence-corrected chi connectivity index (χ4v) is 4.36. The minimum Gasteiger partial charge on any atom is -0.457 e. The second-order valence-corrected chi connectivity index (χ2v) is 9.51. The third-order valence-corrected chi connectivity index (χ3v) is 6.39. The summed E-state index contributed by atoms with van der Waals surface area (Å²) in [4.78, 5) is 13.2. The van der Waals surface area contributed by atoms with Crippen LogP contribution >= 0.6 is 11.6 Å². The van der Waals surface area contributed by atoms with Crippen molar-refractivity contribution in [3.8, 4) is 51.1 Å². The number of halogens is 5. The summed E-state index contributed by atoms with van der Waals surface area (Å²) in [6.45, 7) is -3.01. The molecule has 1 N–H and O–H groups in total. The van der Waals surface area contributed by atoms with Crippen molar-refractivity contribution in [1.82, 2.24) is 9.78 Å². The number of alkyl halides is 4. The molecule has 1 aromatic heterocycles. The number of carbonyl (C=O) groups excluding carboxylic acids is 1. The number of hydrogen-bond donors (Lipinski definition) is 1. The largest absolute Gasteiger partial charge is 0.586 e. The van der Waals surface area contributed by atoms with E-state index in [9.17, 15) is 22.4 Å². The first-order valence-electron chi connectivity index (χ1n) is 12.5. The average molecular weight is 612 g/mol. The molecule has 0 spiro atoms. The molecule has 0 atom stereocenters. The molecule has 2 heterocycles. The quantitative estimate of drug-likeness (QED) is 0.185. The van der Waals surface area contributed by atoms with E-state index in [1.165, 1.54) is 48.7 Å². The van der Waals surface area contributed by atoms with Gasteiger partial charge in [0.15, 0.2) is 11.5 Å². The second-order valence-electron chi connectivity index (χ2n) is 9.08. The van der Waals surface area contributed by atoms with E-state index in [1.807, 2.05) is 0 Å². The van der Waals surface area contributed by atoms with Gasteiger partial charge in [-0.2, -0.15) is 18.6 Å². The fourth-order valence-electron chi connectivity index (χ4n) is 4.24. The maximum atomic E-state index is 13.6.